The summed E-state index contributed by atoms with van der Waals surface area (Å²) < 4.78 is 0. The van der Waals surface area contributed by atoms with Gasteiger partial charge in [0.1, 0.15) is 12.2 Å². The van der Waals surface area contributed by atoms with Gasteiger partial charge in [-0.25, -0.2) is 4.79 Å². The largest absolute Gasteiger partial charge is 0.388 e. The van der Waals surface area contributed by atoms with Crippen LogP contribution in [0, 0.1) is 0 Å². The molecule has 0 bridgehead atoms. The topological polar surface area (TPSA) is 64.0 Å². The Hall–Kier alpha value is -3.93. The van der Waals surface area contributed by atoms with Crippen LogP contribution < -0.4 is 0 Å². The normalized spacial score (nSPS) is 20.9. The van der Waals surface area contributed by atoms with Crippen molar-refractivity contribution in [3.63, 3.8) is 0 Å². The van der Waals surface area contributed by atoms with E-state index < -0.39 is 24.3 Å². The fourth-order valence-corrected chi connectivity index (χ4v) is 5.97. The summed E-state index contributed by atoms with van der Waals surface area (Å²) in [4.78, 5) is 18.3. The molecule has 0 radical (unpaired) electrons. The zero-order valence-corrected chi connectivity index (χ0v) is 24.6. The van der Waals surface area contributed by atoms with Crippen molar-refractivity contribution in [3.8, 4) is 0 Å². The van der Waals surface area contributed by atoms with Crippen molar-refractivity contribution in [1.29, 1.82) is 0 Å². The van der Waals surface area contributed by atoms with Crippen molar-refractivity contribution in [3.05, 3.63) is 143 Å². The number of hydrogen-bond donors (Lipinski definition) is 2. The summed E-state index contributed by atoms with van der Waals surface area (Å²) in [5.74, 6) is 0. The predicted octanol–water partition coefficient (Wildman–Crippen LogP) is 6.19. The molecule has 4 aromatic rings. The standard InChI is InChI=1S/C37H42N2O3/c1-3-27-15-19-31(20-16-27)25-38-33(23-29-11-7-5-8-12-29)35(40)36(41)34(24-30-13-9-6-10-14-30)39(37(38)42)26-32-21-17-28(4-2)18-22-32/h5-22,33-36,40-41H,3-4,23-26H2,1-2H3. The molecule has 0 aliphatic carbocycles. The minimum absolute atomic E-state index is 0.174. The first-order valence-electron chi connectivity index (χ1n) is 15.1. The Morgan fingerprint density at radius 1 is 0.500 bits per heavy atom. The van der Waals surface area contributed by atoms with Gasteiger partial charge < -0.3 is 20.0 Å². The van der Waals surface area contributed by atoms with Gasteiger partial charge in [0, 0.05) is 13.1 Å². The van der Waals surface area contributed by atoms with Crippen molar-refractivity contribution in [2.24, 2.45) is 0 Å². The lowest BCUT2D eigenvalue weighted by atomic mass is 9.91. The fraction of sp³-hybridized carbons (Fsp3) is 0.324. The zero-order chi connectivity index (χ0) is 29.5. The second-order valence-electron chi connectivity index (χ2n) is 11.4. The first-order valence-corrected chi connectivity index (χ1v) is 15.1. The molecule has 0 saturated carbocycles. The molecule has 1 aliphatic rings. The number of aliphatic hydroxyl groups excluding tert-OH is 2. The van der Waals surface area contributed by atoms with E-state index in [4.69, 9.17) is 0 Å². The first-order chi connectivity index (χ1) is 20.5. The molecule has 1 saturated heterocycles. The third-order valence-corrected chi connectivity index (χ3v) is 8.57. The summed E-state index contributed by atoms with van der Waals surface area (Å²) in [7, 11) is 0. The number of hydrogen-bond acceptors (Lipinski definition) is 3. The van der Waals surface area contributed by atoms with Crippen LogP contribution in [-0.2, 0) is 38.8 Å². The van der Waals surface area contributed by atoms with Gasteiger partial charge >= 0.3 is 6.03 Å². The van der Waals surface area contributed by atoms with Crippen molar-refractivity contribution >= 4 is 6.03 Å². The Bertz CT molecular complexity index is 1300. The molecule has 0 spiro atoms. The van der Waals surface area contributed by atoms with E-state index in [9.17, 15) is 15.0 Å². The van der Waals surface area contributed by atoms with Crippen LogP contribution in [0.25, 0.3) is 0 Å². The summed E-state index contributed by atoms with van der Waals surface area (Å²) in [5.41, 5.74) is 6.48. The van der Waals surface area contributed by atoms with E-state index in [1.54, 1.807) is 9.80 Å². The Morgan fingerprint density at radius 3 is 1.17 bits per heavy atom. The number of aryl methyl sites for hydroxylation is 2. The van der Waals surface area contributed by atoms with Crippen molar-refractivity contribution < 1.29 is 15.0 Å². The Kier molecular flexibility index (Phi) is 9.73. The lowest BCUT2D eigenvalue weighted by Crippen LogP contribution is -2.50. The number of amides is 2. The zero-order valence-electron chi connectivity index (χ0n) is 24.6. The van der Waals surface area contributed by atoms with Crippen molar-refractivity contribution in [2.75, 3.05) is 0 Å². The van der Waals surface area contributed by atoms with Gasteiger partial charge in [0.2, 0.25) is 0 Å². The highest BCUT2D eigenvalue weighted by atomic mass is 16.3. The Morgan fingerprint density at radius 2 is 0.833 bits per heavy atom. The molecular formula is C37H42N2O3. The second-order valence-corrected chi connectivity index (χ2v) is 11.4. The van der Waals surface area contributed by atoms with Crippen molar-refractivity contribution in [1.82, 2.24) is 9.80 Å². The lowest BCUT2D eigenvalue weighted by molar-refractivity contribution is -0.0408. The molecule has 1 aliphatic heterocycles. The van der Waals surface area contributed by atoms with E-state index in [1.807, 2.05) is 60.7 Å². The van der Waals surface area contributed by atoms with Crippen LogP contribution in [0.15, 0.2) is 109 Å². The summed E-state index contributed by atoms with van der Waals surface area (Å²) in [6.45, 7) is 4.93. The molecule has 2 amide bonds. The molecule has 218 valence electrons. The number of urea groups is 1. The van der Waals surface area contributed by atoms with E-state index >= 15 is 0 Å². The van der Waals surface area contributed by atoms with E-state index in [2.05, 4.69) is 62.4 Å². The molecule has 4 aromatic carbocycles. The third-order valence-electron chi connectivity index (χ3n) is 8.57. The van der Waals surface area contributed by atoms with Gasteiger partial charge in [-0.1, -0.05) is 123 Å². The van der Waals surface area contributed by atoms with Gasteiger partial charge in [0.25, 0.3) is 0 Å². The number of benzene rings is 4. The average Bonchev–Trinajstić information content (AvgIpc) is 3.10. The molecular weight excluding hydrogens is 520 g/mol. The molecule has 2 N–H and O–H groups in total. The molecule has 5 nitrogen and oxygen atoms in total. The molecule has 1 fully saturated rings. The van der Waals surface area contributed by atoms with Crippen LogP contribution in [-0.4, -0.2) is 50.3 Å². The maximum atomic E-state index is 14.7. The van der Waals surface area contributed by atoms with Gasteiger partial charge in [-0.05, 0) is 59.1 Å². The van der Waals surface area contributed by atoms with Crippen LogP contribution >= 0.6 is 0 Å². The minimum Gasteiger partial charge on any atom is -0.388 e. The molecule has 0 aromatic heterocycles. The molecule has 5 rings (SSSR count). The number of rotatable bonds is 10. The van der Waals surface area contributed by atoms with E-state index in [0.29, 0.717) is 25.9 Å². The number of aliphatic hydroxyl groups is 2. The van der Waals surface area contributed by atoms with Gasteiger partial charge in [-0.15, -0.1) is 0 Å². The molecule has 42 heavy (non-hydrogen) atoms. The van der Waals surface area contributed by atoms with Gasteiger partial charge in [-0.2, -0.15) is 0 Å². The molecule has 1 heterocycles. The molecule has 5 heteroatoms. The number of nitrogens with zero attached hydrogens (tertiary/aromatic N) is 2. The Labute approximate surface area is 250 Å². The van der Waals surface area contributed by atoms with Gasteiger partial charge in [0.15, 0.2) is 0 Å². The van der Waals surface area contributed by atoms with Gasteiger partial charge in [-0.3, -0.25) is 0 Å². The maximum absolute atomic E-state index is 14.7. The summed E-state index contributed by atoms with van der Waals surface area (Å²) >= 11 is 0. The highest BCUT2D eigenvalue weighted by Gasteiger charge is 2.46. The number of carbonyl (C=O) groups is 1. The molecule has 4 atom stereocenters. The smallest absolute Gasteiger partial charge is 0.321 e. The van der Waals surface area contributed by atoms with Crippen LogP contribution in [0.2, 0.25) is 0 Å². The Balaban J connectivity index is 1.56. The minimum atomic E-state index is -1.13. The number of carbonyl (C=O) groups excluding carboxylic acids is 1. The average molecular weight is 563 g/mol. The molecule has 4 unspecified atom stereocenters. The van der Waals surface area contributed by atoms with E-state index in [1.165, 1.54) is 11.1 Å². The second kappa shape index (κ2) is 13.8. The monoisotopic (exact) mass is 562 g/mol. The van der Waals surface area contributed by atoms with Crippen LogP contribution in [0.5, 0.6) is 0 Å². The SMILES string of the molecule is CCc1ccc(CN2C(=O)N(Cc3ccc(CC)cc3)C(Cc3ccccc3)C(O)C(O)C2Cc2ccccc2)cc1. The highest BCUT2D eigenvalue weighted by molar-refractivity contribution is 5.76. The van der Waals surface area contributed by atoms with Crippen LogP contribution in [0.4, 0.5) is 4.79 Å². The van der Waals surface area contributed by atoms with Crippen molar-refractivity contribution in [2.45, 2.75) is 76.9 Å². The maximum Gasteiger partial charge on any atom is 0.321 e. The quantitative estimate of drug-likeness (QED) is 0.242. The summed E-state index contributed by atoms with van der Waals surface area (Å²) in [5, 5.41) is 23.7. The predicted molar refractivity (Wildman–Crippen MR) is 168 cm³/mol. The van der Waals surface area contributed by atoms with Crippen LogP contribution in [0.3, 0.4) is 0 Å². The fourth-order valence-electron chi connectivity index (χ4n) is 5.97. The van der Waals surface area contributed by atoms with E-state index in [-0.39, 0.29) is 6.03 Å². The van der Waals surface area contributed by atoms with E-state index in [0.717, 1.165) is 35.1 Å². The lowest BCUT2D eigenvalue weighted by Gasteiger charge is -2.36. The summed E-state index contributed by atoms with van der Waals surface area (Å²) in [6.07, 6.45) is 0.492. The highest BCUT2D eigenvalue weighted by Crippen LogP contribution is 2.30. The van der Waals surface area contributed by atoms with Crippen LogP contribution in [0.1, 0.15) is 47.2 Å². The first kappa shape index (κ1) is 29.6. The summed E-state index contributed by atoms with van der Waals surface area (Å²) in [6, 6.07) is 35.1. The third kappa shape index (κ3) is 6.92. The van der Waals surface area contributed by atoms with Gasteiger partial charge in [0.05, 0.1) is 12.1 Å².